The fourth-order valence-corrected chi connectivity index (χ4v) is 7.45. The minimum absolute atomic E-state index is 0.0505. The van der Waals surface area contributed by atoms with E-state index < -0.39 is 16.1 Å². The average molecular weight is 655 g/mol. The van der Waals surface area contributed by atoms with Crippen LogP contribution in [0.2, 0.25) is 0 Å². The number of piperazine rings is 1. The highest BCUT2D eigenvalue weighted by atomic mass is 32.2. The molecule has 12 nitrogen and oxygen atoms in total. The van der Waals surface area contributed by atoms with Crippen LogP contribution in [0.5, 0.6) is 0 Å². The van der Waals surface area contributed by atoms with Crippen LogP contribution in [0.3, 0.4) is 0 Å². The number of carbonyl (C=O) groups excluding carboxylic acids is 2. The number of nitrogens with two attached hydrogens (primary N) is 3. The number of amidine groups is 1. The van der Waals surface area contributed by atoms with Crippen molar-refractivity contribution in [3.8, 4) is 0 Å². The molecule has 2 aromatic carbocycles. The quantitative estimate of drug-likeness (QED) is 0.161. The number of nitrogens with zero attached hydrogens (tertiary/aromatic N) is 3. The van der Waals surface area contributed by atoms with Crippen molar-refractivity contribution in [3.63, 3.8) is 0 Å². The van der Waals surface area contributed by atoms with Crippen LogP contribution in [-0.2, 0) is 26.0 Å². The number of nitrogen functional groups attached to an aromatic ring is 1. The Balaban J connectivity index is 1.98. The molecule has 1 atom stereocenters. The fraction of sp³-hybridized carbons (Fsp3) is 0.515. The van der Waals surface area contributed by atoms with E-state index in [-0.39, 0.29) is 78.7 Å². The third-order valence-corrected chi connectivity index (χ3v) is 9.79. The Kier molecular flexibility index (Phi) is 12.3. The van der Waals surface area contributed by atoms with Crippen molar-refractivity contribution in [1.82, 2.24) is 14.5 Å². The van der Waals surface area contributed by atoms with E-state index in [1.54, 1.807) is 34.1 Å². The van der Waals surface area contributed by atoms with Gasteiger partial charge in [0, 0.05) is 38.2 Å². The number of guanidine groups is 1. The normalized spacial score (nSPS) is 14.5. The van der Waals surface area contributed by atoms with Crippen LogP contribution in [0, 0.1) is 5.41 Å². The number of rotatable bonds is 13. The number of hydrogen-bond donors (Lipinski definition) is 5. The number of carbonyl (C=O) groups is 2. The van der Waals surface area contributed by atoms with Gasteiger partial charge in [-0.25, -0.2) is 8.42 Å². The molecule has 1 heterocycles. The van der Waals surface area contributed by atoms with Crippen LogP contribution in [0.4, 0.5) is 0 Å². The molecule has 2 amide bonds. The van der Waals surface area contributed by atoms with Gasteiger partial charge in [0.25, 0.3) is 0 Å². The van der Waals surface area contributed by atoms with Crippen LogP contribution >= 0.6 is 0 Å². The Morgan fingerprint density at radius 1 is 0.891 bits per heavy atom. The van der Waals surface area contributed by atoms with Crippen LogP contribution < -0.4 is 21.9 Å². The molecule has 0 aromatic heterocycles. The molecule has 0 bridgehead atoms. The van der Waals surface area contributed by atoms with E-state index in [1.165, 1.54) is 0 Å². The molecule has 2 aromatic rings. The third-order valence-electron chi connectivity index (χ3n) is 8.19. The second-order valence-corrected chi connectivity index (χ2v) is 14.4. The van der Waals surface area contributed by atoms with Gasteiger partial charge in [0.15, 0.2) is 5.96 Å². The van der Waals surface area contributed by atoms with Crippen LogP contribution in [0.1, 0.15) is 93.5 Å². The summed E-state index contributed by atoms with van der Waals surface area (Å²) < 4.78 is 31.6. The monoisotopic (exact) mass is 654 g/mol. The predicted octanol–water partition coefficient (Wildman–Crippen LogP) is 2.56. The molecule has 46 heavy (non-hydrogen) atoms. The lowest BCUT2D eigenvalue weighted by molar-refractivity contribution is -0.140. The molecule has 252 valence electrons. The van der Waals surface area contributed by atoms with Gasteiger partial charge in [-0.15, -0.1) is 0 Å². The zero-order chi connectivity index (χ0) is 34.3. The van der Waals surface area contributed by atoms with Crippen molar-refractivity contribution >= 4 is 33.6 Å². The Morgan fingerprint density at radius 2 is 1.46 bits per heavy atom. The van der Waals surface area contributed by atoms with Gasteiger partial charge in [-0.1, -0.05) is 71.9 Å². The zero-order valence-electron chi connectivity index (χ0n) is 27.8. The predicted molar refractivity (Wildman–Crippen MR) is 182 cm³/mol. The summed E-state index contributed by atoms with van der Waals surface area (Å²) in [5.74, 6) is -0.673. The van der Waals surface area contributed by atoms with Gasteiger partial charge in [-0.3, -0.25) is 20.0 Å². The summed E-state index contributed by atoms with van der Waals surface area (Å²) >= 11 is 0. The number of amides is 2. The van der Waals surface area contributed by atoms with Gasteiger partial charge in [-0.2, -0.15) is 4.72 Å². The van der Waals surface area contributed by atoms with Crippen LogP contribution in [0.25, 0.3) is 0 Å². The first-order chi connectivity index (χ1) is 21.5. The summed E-state index contributed by atoms with van der Waals surface area (Å²) in [6, 6.07) is 9.69. The lowest BCUT2D eigenvalue weighted by atomic mass is 9.89. The molecule has 0 aliphatic carbocycles. The first-order valence-corrected chi connectivity index (χ1v) is 17.2. The molecule has 1 fully saturated rings. The van der Waals surface area contributed by atoms with E-state index in [1.807, 2.05) is 39.8 Å². The Bertz CT molecular complexity index is 1530. The van der Waals surface area contributed by atoms with Crippen LogP contribution in [-0.4, -0.2) is 80.6 Å². The first-order valence-electron chi connectivity index (χ1n) is 15.8. The highest BCUT2D eigenvalue weighted by Crippen LogP contribution is 2.35. The highest BCUT2D eigenvalue weighted by molar-refractivity contribution is 7.89. The molecular weight excluding hydrogens is 604 g/mol. The Hall–Kier alpha value is -3.97. The number of benzene rings is 2. The van der Waals surface area contributed by atoms with E-state index in [0.29, 0.717) is 35.3 Å². The SMILES string of the molecule is CC(C)c1cc(C(C)C)c(S(=O)(=O)N[C@@H](Cc2cccc(C(=N)N)c2)C(=O)N2CCN(C(=O)CCN=C(N)N)CC2)c(C(C)C)c1. The number of sulfonamides is 1. The summed E-state index contributed by atoms with van der Waals surface area (Å²) in [5, 5.41) is 7.85. The summed E-state index contributed by atoms with van der Waals surface area (Å²) in [5.41, 5.74) is 20.0. The molecule has 1 aliphatic heterocycles. The molecule has 0 saturated carbocycles. The summed E-state index contributed by atoms with van der Waals surface area (Å²) in [6.07, 6.45) is 0.196. The maximum atomic E-state index is 14.4. The molecule has 13 heteroatoms. The van der Waals surface area contributed by atoms with Gasteiger partial charge in [0.2, 0.25) is 21.8 Å². The zero-order valence-corrected chi connectivity index (χ0v) is 28.7. The lowest BCUT2D eigenvalue weighted by Crippen LogP contribution is -2.56. The van der Waals surface area contributed by atoms with E-state index in [2.05, 4.69) is 23.6 Å². The molecule has 1 aliphatic rings. The van der Waals surface area contributed by atoms with Gasteiger partial charge in [0.05, 0.1) is 11.4 Å². The van der Waals surface area contributed by atoms with E-state index >= 15 is 0 Å². The fourth-order valence-electron chi connectivity index (χ4n) is 5.56. The van der Waals surface area contributed by atoms with Crippen LogP contribution in [0.15, 0.2) is 46.3 Å². The average Bonchev–Trinajstić information content (AvgIpc) is 2.99. The maximum absolute atomic E-state index is 14.4. The number of nitrogens with one attached hydrogen (secondary N) is 2. The highest BCUT2D eigenvalue weighted by Gasteiger charge is 2.35. The Labute approximate surface area is 273 Å². The minimum atomic E-state index is -4.19. The molecular formula is C33H50N8O4S. The molecule has 0 unspecified atom stereocenters. The summed E-state index contributed by atoms with van der Waals surface area (Å²) in [7, 11) is -4.19. The lowest BCUT2D eigenvalue weighted by Gasteiger charge is -2.36. The number of hydrogen-bond acceptors (Lipinski definition) is 6. The van der Waals surface area contributed by atoms with E-state index in [0.717, 1.165) is 5.56 Å². The smallest absolute Gasteiger partial charge is 0.241 e. The first kappa shape index (κ1) is 36.5. The minimum Gasteiger partial charge on any atom is -0.384 e. The van der Waals surface area contributed by atoms with Crippen molar-refractivity contribution in [2.24, 2.45) is 22.2 Å². The molecule has 0 spiro atoms. The maximum Gasteiger partial charge on any atom is 0.241 e. The topological polar surface area (TPSA) is 201 Å². The van der Waals surface area contributed by atoms with Gasteiger partial charge in [-0.05, 0) is 52.5 Å². The van der Waals surface area contributed by atoms with Gasteiger partial charge >= 0.3 is 0 Å². The standard InChI is InChI=1S/C33H50N8O4S/c1-20(2)25-18-26(21(3)4)30(27(19-25)22(5)6)46(44,45)39-28(17-23-8-7-9-24(16-23)31(34)35)32(43)41-14-12-40(13-15-41)29(42)10-11-38-33(36)37/h7-9,16,18-22,28,39H,10-15,17H2,1-6H3,(H3,34,35)(H4,36,37,38)/t28-/m0/s1. The largest absolute Gasteiger partial charge is 0.384 e. The van der Waals surface area contributed by atoms with E-state index in [9.17, 15) is 18.0 Å². The van der Waals surface area contributed by atoms with Crippen molar-refractivity contribution in [2.75, 3.05) is 32.7 Å². The van der Waals surface area contributed by atoms with Crippen molar-refractivity contribution in [3.05, 3.63) is 64.2 Å². The third kappa shape index (κ3) is 9.29. The van der Waals surface area contributed by atoms with Crippen molar-refractivity contribution < 1.29 is 18.0 Å². The molecule has 3 rings (SSSR count). The second-order valence-electron chi connectivity index (χ2n) is 12.7. The second kappa shape index (κ2) is 15.5. The molecule has 8 N–H and O–H groups in total. The van der Waals surface area contributed by atoms with Gasteiger partial charge in [0.1, 0.15) is 11.9 Å². The Morgan fingerprint density at radius 3 is 1.96 bits per heavy atom. The van der Waals surface area contributed by atoms with Crippen molar-refractivity contribution in [2.45, 2.75) is 83.1 Å². The molecule has 1 saturated heterocycles. The van der Waals surface area contributed by atoms with E-state index in [4.69, 9.17) is 22.6 Å². The summed E-state index contributed by atoms with van der Waals surface area (Å²) in [6.45, 7) is 13.3. The van der Waals surface area contributed by atoms with Crippen molar-refractivity contribution in [1.29, 1.82) is 5.41 Å². The molecule has 0 radical (unpaired) electrons. The number of aliphatic imine (C=N–C) groups is 1. The summed E-state index contributed by atoms with van der Waals surface area (Å²) in [4.78, 5) is 34.1. The van der Waals surface area contributed by atoms with Gasteiger partial charge < -0.3 is 27.0 Å².